The van der Waals surface area contributed by atoms with E-state index in [0.29, 0.717) is 19.5 Å². The summed E-state index contributed by atoms with van der Waals surface area (Å²) in [6.45, 7) is 1.01. The van der Waals surface area contributed by atoms with Crippen LogP contribution in [-0.4, -0.2) is 35.0 Å². The molecule has 0 radical (unpaired) electrons. The lowest BCUT2D eigenvalue weighted by Crippen LogP contribution is -2.41. The number of amides is 1. The maximum absolute atomic E-state index is 13.6. The molecule has 1 heterocycles. The number of hydrogen-bond acceptors (Lipinski definition) is 2. The van der Waals surface area contributed by atoms with Gasteiger partial charge in [-0.25, -0.2) is 8.78 Å². The van der Waals surface area contributed by atoms with Gasteiger partial charge in [-0.1, -0.05) is 6.07 Å². The van der Waals surface area contributed by atoms with Gasteiger partial charge in [0.25, 0.3) is 0 Å². The molecule has 22 heavy (non-hydrogen) atoms. The number of carbonyl (C=O) groups is 2. The number of carboxylic acids is 1. The van der Waals surface area contributed by atoms with Crippen LogP contribution in [0.4, 0.5) is 8.78 Å². The topological polar surface area (TPSA) is 57.6 Å². The lowest BCUT2D eigenvalue weighted by molar-refractivity contribution is -0.137. The SMILES string of the molecule is O=C(O)CC[C@@H]1CCCN(C(=O)Cc2c(F)cccc2F)C1. The van der Waals surface area contributed by atoms with E-state index in [1.54, 1.807) is 4.90 Å². The summed E-state index contributed by atoms with van der Waals surface area (Å²) in [5.74, 6) is -2.46. The van der Waals surface area contributed by atoms with Gasteiger partial charge in [-0.15, -0.1) is 0 Å². The van der Waals surface area contributed by atoms with Crippen molar-refractivity contribution in [1.82, 2.24) is 4.90 Å². The fourth-order valence-corrected chi connectivity index (χ4v) is 2.82. The number of rotatable bonds is 5. The van der Waals surface area contributed by atoms with Crippen molar-refractivity contribution >= 4 is 11.9 Å². The molecule has 1 aromatic carbocycles. The number of piperidine rings is 1. The van der Waals surface area contributed by atoms with Crippen LogP contribution in [0.5, 0.6) is 0 Å². The molecule has 1 saturated heterocycles. The Kier molecular flexibility index (Phi) is 5.46. The molecule has 6 heteroatoms. The molecule has 1 N–H and O–H groups in total. The van der Waals surface area contributed by atoms with E-state index in [9.17, 15) is 18.4 Å². The minimum Gasteiger partial charge on any atom is -0.481 e. The Bertz CT molecular complexity index is 542. The molecule has 1 amide bonds. The third-order valence-electron chi connectivity index (χ3n) is 4.03. The number of carbonyl (C=O) groups excluding carboxylic acids is 1. The second-order valence-electron chi connectivity index (χ2n) is 5.66. The molecule has 120 valence electrons. The Morgan fingerprint density at radius 3 is 2.59 bits per heavy atom. The van der Waals surface area contributed by atoms with E-state index in [1.807, 2.05) is 0 Å². The van der Waals surface area contributed by atoms with Crippen LogP contribution in [0.2, 0.25) is 0 Å². The number of likely N-dealkylation sites (tertiary alicyclic amines) is 1. The molecule has 1 aliphatic rings. The van der Waals surface area contributed by atoms with Gasteiger partial charge in [0.15, 0.2) is 0 Å². The van der Waals surface area contributed by atoms with Gasteiger partial charge in [0.05, 0.1) is 6.42 Å². The first kappa shape index (κ1) is 16.4. The van der Waals surface area contributed by atoms with Crippen LogP contribution in [0.25, 0.3) is 0 Å². The molecule has 1 fully saturated rings. The lowest BCUT2D eigenvalue weighted by Gasteiger charge is -2.32. The molecule has 1 aromatic rings. The predicted molar refractivity (Wildman–Crippen MR) is 76.2 cm³/mol. The fourth-order valence-electron chi connectivity index (χ4n) is 2.82. The highest BCUT2D eigenvalue weighted by atomic mass is 19.1. The number of aliphatic carboxylic acids is 1. The second-order valence-corrected chi connectivity index (χ2v) is 5.66. The smallest absolute Gasteiger partial charge is 0.303 e. The Morgan fingerprint density at radius 1 is 1.27 bits per heavy atom. The van der Waals surface area contributed by atoms with Gasteiger partial charge in [0.1, 0.15) is 11.6 Å². The maximum atomic E-state index is 13.6. The average Bonchev–Trinajstić information content (AvgIpc) is 2.49. The summed E-state index contributed by atoms with van der Waals surface area (Å²) in [6.07, 6.45) is 1.97. The maximum Gasteiger partial charge on any atom is 0.303 e. The highest BCUT2D eigenvalue weighted by molar-refractivity contribution is 5.79. The van der Waals surface area contributed by atoms with Crippen LogP contribution in [0.3, 0.4) is 0 Å². The zero-order valence-corrected chi connectivity index (χ0v) is 12.2. The molecular formula is C16H19F2NO3. The molecule has 1 atom stereocenters. The summed E-state index contributed by atoms with van der Waals surface area (Å²) in [6, 6.07) is 3.54. The van der Waals surface area contributed by atoms with Gasteiger partial charge in [-0.05, 0) is 37.3 Å². The van der Waals surface area contributed by atoms with E-state index >= 15 is 0 Å². The standard InChI is InChI=1S/C16H19F2NO3/c17-13-4-1-5-14(18)12(13)9-15(20)19-8-2-3-11(10-19)6-7-16(21)22/h1,4-5,11H,2-3,6-10H2,(H,21,22)/t11-/m0/s1. The zero-order chi connectivity index (χ0) is 16.1. The first-order valence-electron chi connectivity index (χ1n) is 7.40. The van der Waals surface area contributed by atoms with Crippen molar-refractivity contribution in [3.05, 3.63) is 35.4 Å². The van der Waals surface area contributed by atoms with Gasteiger partial charge >= 0.3 is 5.97 Å². The van der Waals surface area contributed by atoms with Crippen LogP contribution >= 0.6 is 0 Å². The number of benzene rings is 1. The summed E-state index contributed by atoms with van der Waals surface area (Å²) in [7, 11) is 0. The van der Waals surface area contributed by atoms with Crippen LogP contribution in [-0.2, 0) is 16.0 Å². The van der Waals surface area contributed by atoms with Gasteiger partial charge in [0, 0.05) is 25.1 Å². The molecule has 1 aliphatic heterocycles. The first-order valence-corrected chi connectivity index (χ1v) is 7.40. The van der Waals surface area contributed by atoms with Crippen LogP contribution in [0.15, 0.2) is 18.2 Å². The van der Waals surface area contributed by atoms with Crippen LogP contribution < -0.4 is 0 Å². The minimum absolute atomic E-state index is 0.0780. The van der Waals surface area contributed by atoms with Crippen molar-refractivity contribution in [1.29, 1.82) is 0 Å². The molecule has 0 saturated carbocycles. The van der Waals surface area contributed by atoms with Crippen LogP contribution in [0.1, 0.15) is 31.2 Å². The molecule has 0 unspecified atom stereocenters. The number of carboxylic acid groups (broad SMARTS) is 1. The van der Waals surface area contributed by atoms with Crippen molar-refractivity contribution in [3.8, 4) is 0 Å². The lowest BCUT2D eigenvalue weighted by atomic mass is 9.93. The van der Waals surface area contributed by atoms with Crippen LogP contribution in [0, 0.1) is 17.6 Å². The van der Waals surface area contributed by atoms with Gasteiger partial charge in [-0.3, -0.25) is 9.59 Å². The number of nitrogens with zero attached hydrogens (tertiary/aromatic N) is 1. The Balaban J connectivity index is 1.96. The third kappa shape index (κ3) is 4.26. The summed E-state index contributed by atoms with van der Waals surface area (Å²) >= 11 is 0. The summed E-state index contributed by atoms with van der Waals surface area (Å²) in [5.41, 5.74) is -0.208. The highest BCUT2D eigenvalue weighted by Gasteiger charge is 2.25. The van der Waals surface area contributed by atoms with E-state index in [2.05, 4.69) is 0 Å². The molecule has 0 aromatic heterocycles. The Labute approximate surface area is 127 Å². The van der Waals surface area contributed by atoms with E-state index in [-0.39, 0.29) is 30.2 Å². The van der Waals surface area contributed by atoms with E-state index < -0.39 is 17.6 Å². The fraction of sp³-hybridized carbons (Fsp3) is 0.500. The average molecular weight is 311 g/mol. The van der Waals surface area contributed by atoms with E-state index in [1.165, 1.54) is 6.07 Å². The molecule has 0 aliphatic carbocycles. The van der Waals surface area contributed by atoms with Gasteiger partial charge in [0.2, 0.25) is 5.91 Å². The quantitative estimate of drug-likeness (QED) is 0.909. The summed E-state index contributed by atoms with van der Waals surface area (Å²) < 4.78 is 27.2. The monoisotopic (exact) mass is 311 g/mol. The molecule has 0 bridgehead atoms. The Morgan fingerprint density at radius 2 is 1.95 bits per heavy atom. The van der Waals surface area contributed by atoms with Crippen molar-refractivity contribution in [2.24, 2.45) is 5.92 Å². The van der Waals surface area contributed by atoms with Crippen molar-refractivity contribution in [2.75, 3.05) is 13.1 Å². The van der Waals surface area contributed by atoms with Crippen molar-refractivity contribution < 1.29 is 23.5 Å². The normalized spacial score (nSPS) is 18.3. The Hall–Kier alpha value is -1.98. The molecule has 0 spiro atoms. The first-order chi connectivity index (χ1) is 10.5. The molecule has 2 rings (SSSR count). The predicted octanol–water partition coefficient (Wildman–Crippen LogP) is 2.61. The summed E-state index contributed by atoms with van der Waals surface area (Å²) in [4.78, 5) is 24.4. The van der Waals surface area contributed by atoms with E-state index in [4.69, 9.17) is 5.11 Å². The highest BCUT2D eigenvalue weighted by Crippen LogP contribution is 2.22. The van der Waals surface area contributed by atoms with Crippen molar-refractivity contribution in [3.63, 3.8) is 0 Å². The van der Waals surface area contributed by atoms with Gasteiger partial charge in [-0.2, -0.15) is 0 Å². The largest absolute Gasteiger partial charge is 0.481 e. The minimum atomic E-state index is -0.850. The van der Waals surface area contributed by atoms with Gasteiger partial charge < -0.3 is 10.0 Å². The zero-order valence-electron chi connectivity index (χ0n) is 12.2. The number of hydrogen-bond donors (Lipinski definition) is 1. The number of halogens is 2. The summed E-state index contributed by atoms with van der Waals surface area (Å²) in [5, 5.41) is 8.71. The molecular weight excluding hydrogens is 292 g/mol. The third-order valence-corrected chi connectivity index (χ3v) is 4.03. The molecule has 4 nitrogen and oxygen atoms in total. The van der Waals surface area contributed by atoms with E-state index in [0.717, 1.165) is 25.0 Å². The second kappa shape index (κ2) is 7.33. The van der Waals surface area contributed by atoms with Crippen molar-refractivity contribution in [2.45, 2.75) is 32.1 Å².